The first kappa shape index (κ1) is 24.6. The Labute approximate surface area is 245 Å². The van der Waals surface area contributed by atoms with Crippen LogP contribution in [0.25, 0.3) is 0 Å². The van der Waals surface area contributed by atoms with Gasteiger partial charge in [-0.3, -0.25) is 0 Å². The molecule has 0 unspecified atom stereocenters. The molecule has 8 rings (SSSR count). The molecule has 0 amide bonds. The molecule has 5 heteroatoms. The summed E-state index contributed by atoms with van der Waals surface area (Å²) >= 11 is 0. The molecule has 4 nitrogen and oxygen atoms in total. The van der Waals surface area contributed by atoms with E-state index < -0.39 is 15.3 Å². The lowest BCUT2D eigenvalue weighted by atomic mass is 9.62. The van der Waals surface area contributed by atoms with Crippen LogP contribution in [0, 0.1) is 0 Å². The Bertz CT molecular complexity index is 2000. The molecule has 6 aromatic rings. The van der Waals surface area contributed by atoms with Gasteiger partial charge in [0, 0.05) is 11.8 Å². The van der Waals surface area contributed by atoms with Crippen LogP contribution in [0.3, 0.4) is 0 Å². The highest BCUT2D eigenvalue weighted by Crippen LogP contribution is 2.58. The van der Waals surface area contributed by atoms with Crippen LogP contribution in [0.4, 0.5) is 17.1 Å². The maximum atomic E-state index is 13.5. The van der Waals surface area contributed by atoms with Crippen LogP contribution < -0.4 is 9.64 Å². The van der Waals surface area contributed by atoms with Gasteiger partial charge in [-0.1, -0.05) is 109 Å². The van der Waals surface area contributed by atoms with Crippen molar-refractivity contribution in [2.75, 3.05) is 4.90 Å². The van der Waals surface area contributed by atoms with Gasteiger partial charge >= 0.3 is 0 Å². The van der Waals surface area contributed by atoms with Crippen molar-refractivity contribution in [3.63, 3.8) is 0 Å². The third kappa shape index (κ3) is 3.37. The smallest absolute Gasteiger partial charge is 0.213 e. The van der Waals surface area contributed by atoms with E-state index in [-0.39, 0.29) is 9.79 Å². The van der Waals surface area contributed by atoms with Gasteiger partial charge in [-0.25, -0.2) is 8.42 Å². The minimum Gasteiger partial charge on any atom is -0.455 e. The second-order valence-corrected chi connectivity index (χ2v) is 12.4. The molecule has 0 aromatic heterocycles. The van der Waals surface area contributed by atoms with Gasteiger partial charge in [-0.2, -0.15) is 0 Å². The van der Waals surface area contributed by atoms with Crippen LogP contribution in [0.1, 0.15) is 22.3 Å². The molecule has 0 aliphatic carbocycles. The highest BCUT2D eigenvalue weighted by Gasteiger charge is 2.46. The molecule has 0 N–H and O–H groups in total. The quantitative estimate of drug-likeness (QED) is 0.216. The SMILES string of the molecule is O=S1(=O)c2ccccc2Oc2cc(N3c4ccccc4C(c4ccccc4)(c4ccccc4)c4ccccc43)ccc21. The van der Waals surface area contributed by atoms with Crippen LogP contribution in [-0.2, 0) is 15.3 Å². The van der Waals surface area contributed by atoms with Crippen molar-refractivity contribution < 1.29 is 13.2 Å². The molecule has 42 heavy (non-hydrogen) atoms. The first-order valence-electron chi connectivity index (χ1n) is 13.9. The van der Waals surface area contributed by atoms with Crippen LogP contribution in [-0.4, -0.2) is 8.42 Å². The monoisotopic (exact) mass is 563 g/mol. The minimum absolute atomic E-state index is 0.173. The molecule has 6 aromatic carbocycles. The maximum absolute atomic E-state index is 13.5. The van der Waals surface area contributed by atoms with Gasteiger partial charge in [0.2, 0.25) is 9.84 Å². The topological polar surface area (TPSA) is 46.6 Å². The van der Waals surface area contributed by atoms with E-state index in [0.29, 0.717) is 11.5 Å². The van der Waals surface area contributed by atoms with E-state index in [4.69, 9.17) is 4.74 Å². The summed E-state index contributed by atoms with van der Waals surface area (Å²) in [6, 6.07) is 50.4. The van der Waals surface area contributed by atoms with E-state index in [0.717, 1.165) is 28.2 Å². The van der Waals surface area contributed by atoms with E-state index in [9.17, 15) is 8.42 Å². The number of hydrogen-bond donors (Lipinski definition) is 0. The van der Waals surface area contributed by atoms with Gasteiger partial charge in [0.15, 0.2) is 0 Å². The molecule has 0 saturated carbocycles. The molecule has 202 valence electrons. The summed E-state index contributed by atoms with van der Waals surface area (Å²) < 4.78 is 33.2. The van der Waals surface area contributed by atoms with Crippen LogP contribution >= 0.6 is 0 Å². The molecule has 0 radical (unpaired) electrons. The molecule has 2 aliphatic heterocycles. The molecular formula is C37H25NO3S. The van der Waals surface area contributed by atoms with Crippen LogP contribution in [0.15, 0.2) is 161 Å². The molecule has 0 saturated heterocycles. The second-order valence-electron chi connectivity index (χ2n) is 10.5. The molecule has 2 aliphatic rings. The number of ether oxygens (including phenoxy) is 1. The summed E-state index contributed by atoms with van der Waals surface area (Å²) in [5.74, 6) is 0.665. The summed E-state index contributed by atoms with van der Waals surface area (Å²) in [5, 5.41) is 0. The van der Waals surface area contributed by atoms with Crippen molar-refractivity contribution in [3.05, 3.63) is 174 Å². The normalized spacial score (nSPS) is 15.4. The Morgan fingerprint density at radius 2 is 1.00 bits per heavy atom. The average molecular weight is 564 g/mol. The standard InChI is InChI=1S/C37H25NO3S/c39-42(40)35-22-12-11-21-33(35)41-34-25-28(23-24-36(34)42)38-31-19-9-7-17-29(31)37(26-13-3-1-4-14-26,27-15-5-2-6-16-27)30-18-8-10-20-32(30)38/h1-25H. The number of fused-ring (bicyclic) bond motifs is 4. The number of nitrogens with zero attached hydrogens (tertiary/aromatic N) is 1. The Hall–Kier alpha value is -5.13. The number of para-hydroxylation sites is 3. The van der Waals surface area contributed by atoms with E-state index >= 15 is 0 Å². The molecule has 0 spiro atoms. The fraction of sp³-hybridized carbons (Fsp3) is 0.0270. The van der Waals surface area contributed by atoms with Gasteiger partial charge in [0.25, 0.3) is 0 Å². The lowest BCUT2D eigenvalue weighted by Crippen LogP contribution is -2.37. The zero-order chi connectivity index (χ0) is 28.3. The van der Waals surface area contributed by atoms with Crippen LogP contribution in [0.5, 0.6) is 11.5 Å². The zero-order valence-electron chi connectivity index (χ0n) is 22.5. The average Bonchev–Trinajstić information content (AvgIpc) is 3.04. The van der Waals surface area contributed by atoms with Gasteiger partial charge in [-0.15, -0.1) is 0 Å². The van der Waals surface area contributed by atoms with Crippen LogP contribution in [0.2, 0.25) is 0 Å². The van der Waals surface area contributed by atoms with Gasteiger partial charge in [0.05, 0.1) is 16.8 Å². The highest BCUT2D eigenvalue weighted by molar-refractivity contribution is 7.91. The summed E-state index contributed by atoms with van der Waals surface area (Å²) in [5.41, 5.74) is 6.90. The van der Waals surface area contributed by atoms with Gasteiger partial charge in [0.1, 0.15) is 21.3 Å². The maximum Gasteiger partial charge on any atom is 0.213 e. The van der Waals surface area contributed by atoms with Crippen molar-refractivity contribution in [1.29, 1.82) is 0 Å². The van der Waals surface area contributed by atoms with Crippen molar-refractivity contribution in [1.82, 2.24) is 0 Å². The number of rotatable bonds is 3. The third-order valence-corrected chi connectivity index (χ3v) is 10.2. The molecule has 0 bridgehead atoms. The molecular weight excluding hydrogens is 538 g/mol. The number of benzene rings is 6. The Morgan fingerprint density at radius 3 is 1.62 bits per heavy atom. The largest absolute Gasteiger partial charge is 0.455 e. The van der Waals surface area contributed by atoms with Gasteiger partial charge in [-0.05, 0) is 58.7 Å². The fourth-order valence-corrected chi connectivity index (χ4v) is 8.10. The Kier molecular flexibility index (Phi) is 5.40. The van der Waals surface area contributed by atoms with E-state index in [1.807, 2.05) is 12.1 Å². The number of sulfone groups is 1. The lowest BCUT2D eigenvalue weighted by Gasteiger charge is -2.46. The summed E-state index contributed by atoms with van der Waals surface area (Å²) in [6.45, 7) is 0. The Balaban J connectivity index is 1.40. The fourth-order valence-electron chi connectivity index (χ4n) is 6.62. The van der Waals surface area contributed by atoms with E-state index in [1.54, 1.807) is 30.3 Å². The predicted octanol–water partition coefficient (Wildman–Crippen LogP) is 8.79. The molecule has 2 heterocycles. The summed E-state index contributed by atoms with van der Waals surface area (Å²) in [6.07, 6.45) is 0. The number of hydrogen-bond acceptors (Lipinski definition) is 4. The van der Waals surface area contributed by atoms with E-state index in [1.165, 1.54) is 11.1 Å². The Morgan fingerprint density at radius 1 is 0.500 bits per heavy atom. The van der Waals surface area contributed by atoms with Crippen molar-refractivity contribution >= 4 is 26.9 Å². The first-order chi connectivity index (χ1) is 20.6. The third-order valence-electron chi connectivity index (χ3n) is 8.35. The van der Waals surface area contributed by atoms with E-state index in [2.05, 4.69) is 114 Å². The molecule has 0 fully saturated rings. The van der Waals surface area contributed by atoms with Crippen molar-refractivity contribution in [2.45, 2.75) is 15.2 Å². The van der Waals surface area contributed by atoms with Crippen molar-refractivity contribution in [2.24, 2.45) is 0 Å². The second kappa shape index (κ2) is 9.20. The van der Waals surface area contributed by atoms with Crippen molar-refractivity contribution in [3.8, 4) is 11.5 Å². The predicted molar refractivity (Wildman–Crippen MR) is 165 cm³/mol. The number of anilines is 3. The minimum atomic E-state index is -3.70. The zero-order valence-corrected chi connectivity index (χ0v) is 23.3. The summed E-state index contributed by atoms with van der Waals surface area (Å²) in [4.78, 5) is 2.58. The van der Waals surface area contributed by atoms with Gasteiger partial charge < -0.3 is 9.64 Å². The lowest BCUT2D eigenvalue weighted by molar-refractivity contribution is 0.443. The molecule has 0 atom stereocenters. The highest BCUT2D eigenvalue weighted by atomic mass is 32.2. The first-order valence-corrected chi connectivity index (χ1v) is 15.3. The summed E-state index contributed by atoms with van der Waals surface area (Å²) in [7, 11) is -3.70.